The number of carbonyl (C=O) groups excluding carboxylic acids is 2. The summed E-state index contributed by atoms with van der Waals surface area (Å²) in [6.07, 6.45) is -58.0. The maximum Gasteiger partial charge on any atom is 0.457 e. The lowest BCUT2D eigenvalue weighted by Gasteiger charge is -3.08. The van der Waals surface area contributed by atoms with Crippen LogP contribution in [-0.2, 0) is 19.1 Å². The van der Waals surface area contributed by atoms with Gasteiger partial charge >= 0.3 is 72.2 Å². The van der Waals surface area contributed by atoms with Gasteiger partial charge in [-0.05, 0) is 35.5 Å². The Bertz CT molecular complexity index is 1280. The number of hydrogen-bond donors (Lipinski definition) is 0. The fourth-order valence-corrected chi connectivity index (χ4v) is 8.79. The first-order valence-electron chi connectivity index (χ1n) is 12.7. The van der Waals surface area contributed by atoms with Crippen LogP contribution in [0.25, 0.3) is 0 Å². The predicted octanol–water partition coefficient (Wildman–Crippen LogP) is 7.61. The molecule has 28 heteroatoms. The number of rotatable bonds is 8. The molecule has 288 valence electrons. The van der Waals surface area contributed by atoms with Crippen LogP contribution in [0.15, 0.2) is 0 Å². The molecule has 0 amide bonds. The van der Waals surface area contributed by atoms with Crippen LogP contribution in [0.4, 0.5) is 105 Å². The summed E-state index contributed by atoms with van der Waals surface area (Å²) in [5, 5.41) is 0. The SMILES string of the molecule is O=C(OC(C(F)(F)C(F)(F)F)C(F)(C(F)(F)F)C(F)(F)F)C12C3C4C1C1C2C3C41C(=O)OC(C(F)(F)C(F)(F)F)C(F)(C(F)(F)F)C(F)(F)F. The molecule has 0 bridgehead atoms. The van der Waals surface area contributed by atoms with Crippen molar-refractivity contribution in [2.75, 3.05) is 0 Å². The third kappa shape index (κ3) is 3.68. The lowest BCUT2D eigenvalue weighted by atomic mass is 8.92. The number of ether oxygens (including phenoxy) is 2. The summed E-state index contributed by atoms with van der Waals surface area (Å²) in [4.78, 5) is 25.4. The third-order valence-electron chi connectivity index (χ3n) is 10.6. The Hall–Kier alpha value is -2.74. The summed E-state index contributed by atoms with van der Waals surface area (Å²) in [6, 6.07) is 0. The van der Waals surface area contributed by atoms with E-state index in [-0.39, 0.29) is 0 Å². The van der Waals surface area contributed by atoms with E-state index >= 15 is 0 Å². The number of halogens is 24. The maximum absolute atomic E-state index is 14.5. The van der Waals surface area contributed by atoms with Crippen molar-refractivity contribution in [2.45, 2.75) is 72.4 Å². The fourth-order valence-electron chi connectivity index (χ4n) is 8.79. The topological polar surface area (TPSA) is 52.6 Å². The minimum atomic E-state index is -7.71. The molecule has 0 heterocycles. The van der Waals surface area contributed by atoms with Gasteiger partial charge in [0.05, 0.1) is 10.8 Å². The van der Waals surface area contributed by atoms with Crippen molar-refractivity contribution in [3.05, 3.63) is 0 Å². The molecule has 0 aliphatic heterocycles. The van der Waals surface area contributed by atoms with Crippen LogP contribution in [0.2, 0.25) is 0 Å². The second-order valence-electron chi connectivity index (χ2n) is 12.2. The maximum atomic E-state index is 14.5. The standard InChI is InChI=1S/C22H8F24O4/c23-13(17(29,30)31,18(32,33)34)7(15(25,26)21(41,42)43)49-9(47)11-1-2-4(11)6-5(11)3(1)12(2,6)10(48)50-8(16(27,28)22(44,45)46)14(24,19(35,36)37)20(38,39)40/h1-8H. The van der Waals surface area contributed by atoms with Gasteiger partial charge in [-0.2, -0.15) is 96.6 Å². The molecule has 0 aromatic heterocycles. The molecule has 6 rings (SSSR count). The summed E-state index contributed by atoms with van der Waals surface area (Å²) in [7, 11) is 0. The van der Waals surface area contributed by atoms with Gasteiger partial charge in [-0.1, -0.05) is 0 Å². The van der Waals surface area contributed by atoms with Crippen molar-refractivity contribution in [1.82, 2.24) is 0 Å². The lowest BCUT2D eigenvalue weighted by molar-refractivity contribution is -0.630. The van der Waals surface area contributed by atoms with Crippen molar-refractivity contribution in [3.8, 4) is 0 Å². The molecule has 0 N–H and O–H groups in total. The monoisotopic (exact) mass is 792 g/mol. The highest BCUT2D eigenvalue weighted by molar-refractivity contribution is 5.97. The van der Waals surface area contributed by atoms with Gasteiger partial charge in [0.1, 0.15) is 0 Å². The molecule has 0 spiro atoms. The van der Waals surface area contributed by atoms with Crippen molar-refractivity contribution in [3.63, 3.8) is 0 Å². The van der Waals surface area contributed by atoms with Crippen molar-refractivity contribution in [2.24, 2.45) is 46.3 Å². The van der Waals surface area contributed by atoms with Gasteiger partial charge in [-0.25, -0.2) is 8.78 Å². The zero-order chi connectivity index (χ0) is 39.2. The molecule has 0 radical (unpaired) electrons. The summed E-state index contributed by atoms with van der Waals surface area (Å²) in [5.74, 6) is -31.8. The summed E-state index contributed by atoms with van der Waals surface area (Å²) < 4.78 is 327. The normalized spacial score (nSPS) is 35.0. The highest BCUT2D eigenvalue weighted by Gasteiger charge is 3.14. The molecule has 2 atom stereocenters. The smallest absolute Gasteiger partial charge is 0.451 e. The van der Waals surface area contributed by atoms with Gasteiger partial charge in [-0.3, -0.25) is 9.59 Å². The highest BCUT2D eigenvalue weighted by Crippen LogP contribution is 3.10. The van der Waals surface area contributed by atoms with E-state index in [0.717, 1.165) is 0 Å². The molecule has 4 nitrogen and oxygen atoms in total. The average molecular weight is 792 g/mol. The van der Waals surface area contributed by atoms with Crippen LogP contribution in [-0.4, -0.2) is 84.4 Å². The van der Waals surface area contributed by atoms with Gasteiger partial charge in [-0.15, -0.1) is 0 Å². The lowest BCUT2D eigenvalue weighted by Crippen LogP contribution is -3.12. The Morgan fingerprint density at radius 2 is 0.540 bits per heavy atom. The molecule has 0 aromatic carbocycles. The van der Waals surface area contributed by atoms with Gasteiger partial charge < -0.3 is 9.47 Å². The van der Waals surface area contributed by atoms with Crippen LogP contribution < -0.4 is 0 Å². The quantitative estimate of drug-likeness (QED) is 0.188. The average Bonchev–Trinajstić information content (AvgIpc) is 2.89. The van der Waals surface area contributed by atoms with Crippen molar-refractivity contribution < 1.29 is 124 Å². The first kappa shape index (κ1) is 38.5. The number of esters is 2. The second kappa shape index (κ2) is 9.24. The summed E-state index contributed by atoms with van der Waals surface area (Å²) >= 11 is 0. The number of alkyl halides is 24. The Morgan fingerprint density at radius 3 is 0.680 bits per heavy atom. The van der Waals surface area contributed by atoms with E-state index in [4.69, 9.17) is 0 Å². The molecule has 50 heavy (non-hydrogen) atoms. The molecule has 6 fully saturated rings. The van der Waals surface area contributed by atoms with Crippen LogP contribution in [0, 0.1) is 46.3 Å². The van der Waals surface area contributed by atoms with Gasteiger partial charge in [0.25, 0.3) is 0 Å². The van der Waals surface area contributed by atoms with Crippen LogP contribution in [0.5, 0.6) is 0 Å². The number of carbonyl (C=O) groups is 2. The predicted molar refractivity (Wildman–Crippen MR) is 99.5 cm³/mol. The molecule has 6 saturated carbocycles. The van der Waals surface area contributed by atoms with E-state index in [1.165, 1.54) is 0 Å². The first-order valence-corrected chi connectivity index (χ1v) is 12.7. The molecule has 0 saturated heterocycles. The minimum Gasteiger partial charge on any atom is -0.451 e. The van der Waals surface area contributed by atoms with Crippen LogP contribution in [0.1, 0.15) is 0 Å². The van der Waals surface area contributed by atoms with E-state index in [1.54, 1.807) is 0 Å². The van der Waals surface area contributed by atoms with E-state index in [0.29, 0.717) is 0 Å². The molecule has 6 aliphatic rings. The second-order valence-corrected chi connectivity index (χ2v) is 12.2. The van der Waals surface area contributed by atoms with E-state index in [9.17, 15) is 115 Å². The van der Waals surface area contributed by atoms with Gasteiger partial charge in [0.15, 0.2) is 0 Å². The molecule has 6 aliphatic carbocycles. The van der Waals surface area contributed by atoms with Gasteiger partial charge in [0, 0.05) is 0 Å². The van der Waals surface area contributed by atoms with Crippen LogP contribution >= 0.6 is 0 Å². The van der Waals surface area contributed by atoms with E-state index < -0.39 is 131 Å². The zero-order valence-corrected chi connectivity index (χ0v) is 22.3. The van der Waals surface area contributed by atoms with E-state index in [2.05, 4.69) is 9.47 Å². The van der Waals surface area contributed by atoms with Gasteiger partial charge in [0.2, 0.25) is 12.2 Å². The Labute approximate surface area is 256 Å². The largest absolute Gasteiger partial charge is 0.457 e. The Morgan fingerprint density at radius 1 is 0.360 bits per heavy atom. The fraction of sp³-hybridized carbons (Fsp3) is 0.909. The molecule has 0 aromatic rings. The molecular formula is C22H8F24O4. The highest BCUT2D eigenvalue weighted by atomic mass is 19.5. The Kier molecular flexibility index (Phi) is 7.11. The first-order chi connectivity index (χ1) is 21.8. The zero-order valence-electron chi connectivity index (χ0n) is 22.3. The van der Waals surface area contributed by atoms with Crippen molar-refractivity contribution in [1.29, 1.82) is 0 Å². The van der Waals surface area contributed by atoms with E-state index in [1.807, 2.05) is 0 Å². The summed E-state index contributed by atoms with van der Waals surface area (Å²) in [6.45, 7) is 0. The Balaban J connectivity index is 1.45. The minimum absolute atomic E-state index is 1.88. The number of hydrogen-bond acceptors (Lipinski definition) is 4. The van der Waals surface area contributed by atoms with Crippen LogP contribution in [0.3, 0.4) is 0 Å². The molecule has 2 unspecified atom stereocenters. The summed E-state index contributed by atoms with van der Waals surface area (Å²) in [5.41, 5.74) is -20.8. The molecular weight excluding hydrogens is 784 g/mol. The van der Waals surface area contributed by atoms with Crippen molar-refractivity contribution >= 4 is 11.9 Å². The third-order valence-corrected chi connectivity index (χ3v) is 10.6.